The molecule has 2 amide bonds. The van der Waals surface area contributed by atoms with Crippen LogP contribution in [0.2, 0.25) is 0 Å². The second-order valence-corrected chi connectivity index (χ2v) is 7.10. The van der Waals surface area contributed by atoms with E-state index in [1.807, 2.05) is 24.9 Å². The van der Waals surface area contributed by atoms with Crippen LogP contribution in [-0.2, 0) is 4.79 Å². The third kappa shape index (κ3) is 4.80. The highest BCUT2D eigenvalue weighted by molar-refractivity contribution is 8.00. The van der Waals surface area contributed by atoms with Crippen LogP contribution in [0, 0.1) is 0 Å². The Morgan fingerprint density at radius 3 is 2.79 bits per heavy atom. The third-order valence-electron chi connectivity index (χ3n) is 3.35. The van der Waals surface area contributed by atoms with Crippen molar-refractivity contribution in [2.24, 2.45) is 0 Å². The van der Waals surface area contributed by atoms with Gasteiger partial charge in [0.2, 0.25) is 0 Å². The minimum Gasteiger partial charge on any atom is -0.480 e. The fourth-order valence-electron chi connectivity index (χ4n) is 1.94. The zero-order valence-electron chi connectivity index (χ0n) is 11.6. The van der Waals surface area contributed by atoms with Crippen molar-refractivity contribution < 1.29 is 14.7 Å². The first-order valence-electron chi connectivity index (χ1n) is 6.37. The molecule has 1 fully saturated rings. The number of carbonyl (C=O) groups excluding carboxylic acids is 1. The zero-order chi connectivity index (χ0) is 14.4. The van der Waals surface area contributed by atoms with E-state index in [0.29, 0.717) is 18.2 Å². The number of hydrogen-bond donors (Lipinski definition) is 2. The van der Waals surface area contributed by atoms with E-state index in [0.717, 1.165) is 11.5 Å². The minimum absolute atomic E-state index is 0.133. The summed E-state index contributed by atoms with van der Waals surface area (Å²) in [6, 6.07) is -0.918. The molecule has 19 heavy (non-hydrogen) atoms. The lowest BCUT2D eigenvalue weighted by Crippen LogP contribution is -2.55. The summed E-state index contributed by atoms with van der Waals surface area (Å²) in [5.41, 5.74) is 0. The van der Waals surface area contributed by atoms with Gasteiger partial charge in [0.25, 0.3) is 0 Å². The molecule has 0 aromatic heterocycles. The zero-order valence-corrected chi connectivity index (χ0v) is 13.2. The van der Waals surface area contributed by atoms with Crippen LogP contribution < -0.4 is 5.32 Å². The van der Waals surface area contributed by atoms with Crippen molar-refractivity contribution in [3.63, 3.8) is 0 Å². The lowest BCUT2D eigenvalue weighted by Gasteiger charge is -2.37. The summed E-state index contributed by atoms with van der Waals surface area (Å²) in [6.45, 7) is 4.78. The van der Waals surface area contributed by atoms with Gasteiger partial charge in [-0.2, -0.15) is 23.5 Å². The predicted molar refractivity (Wildman–Crippen MR) is 81.0 cm³/mol. The average molecular weight is 306 g/mol. The third-order valence-corrected chi connectivity index (χ3v) is 5.33. The van der Waals surface area contributed by atoms with Gasteiger partial charge < -0.3 is 15.3 Å². The summed E-state index contributed by atoms with van der Waals surface area (Å²) in [5.74, 6) is 0.662. The van der Waals surface area contributed by atoms with Gasteiger partial charge in [-0.25, -0.2) is 9.59 Å². The Morgan fingerprint density at radius 2 is 2.21 bits per heavy atom. The monoisotopic (exact) mass is 306 g/mol. The van der Waals surface area contributed by atoms with E-state index in [9.17, 15) is 9.59 Å². The summed E-state index contributed by atoms with van der Waals surface area (Å²) in [5, 5.41) is 12.1. The molecule has 0 aliphatic carbocycles. The minimum atomic E-state index is -0.963. The molecule has 5 nitrogen and oxygen atoms in total. The standard InChI is InChI=1S/C12H22N2O3S2/c1-8-9(2)19-7-5-14(8)12(17)13-10(11(15)16)4-6-18-3/h8-10H,4-7H2,1-3H3,(H,13,17)(H,15,16)/t8?,9?,10-/m1/s1. The average Bonchev–Trinajstić information content (AvgIpc) is 2.37. The fraction of sp³-hybridized carbons (Fsp3) is 0.833. The van der Waals surface area contributed by atoms with E-state index in [4.69, 9.17) is 5.11 Å². The highest BCUT2D eigenvalue weighted by Gasteiger charge is 2.31. The molecular formula is C12H22N2O3S2. The molecule has 7 heteroatoms. The number of carboxylic acids is 1. The highest BCUT2D eigenvalue weighted by Crippen LogP contribution is 2.24. The van der Waals surface area contributed by atoms with Gasteiger partial charge >= 0.3 is 12.0 Å². The van der Waals surface area contributed by atoms with Crippen LogP contribution in [-0.4, -0.2) is 63.6 Å². The number of amides is 2. The SMILES string of the molecule is CSCC[C@@H](NC(=O)N1CCSC(C)C1C)C(=O)O. The summed E-state index contributed by atoms with van der Waals surface area (Å²) in [4.78, 5) is 25.0. The molecule has 1 rings (SSSR count). The van der Waals surface area contributed by atoms with Gasteiger partial charge in [-0.15, -0.1) is 0 Å². The summed E-state index contributed by atoms with van der Waals surface area (Å²) < 4.78 is 0. The van der Waals surface area contributed by atoms with Crippen LogP contribution in [0.15, 0.2) is 0 Å². The first-order valence-corrected chi connectivity index (χ1v) is 8.82. The molecule has 2 N–H and O–H groups in total. The Hall–Kier alpha value is -0.560. The molecule has 0 aromatic carbocycles. The molecule has 1 saturated heterocycles. The smallest absolute Gasteiger partial charge is 0.326 e. The summed E-state index contributed by atoms with van der Waals surface area (Å²) in [7, 11) is 0. The van der Waals surface area contributed by atoms with Crippen molar-refractivity contribution in [2.45, 2.75) is 37.6 Å². The van der Waals surface area contributed by atoms with E-state index < -0.39 is 12.0 Å². The molecule has 0 bridgehead atoms. The molecule has 1 aliphatic rings. The van der Waals surface area contributed by atoms with E-state index in [2.05, 4.69) is 12.2 Å². The van der Waals surface area contributed by atoms with Gasteiger partial charge in [0, 0.05) is 23.6 Å². The van der Waals surface area contributed by atoms with Crippen LogP contribution in [0.3, 0.4) is 0 Å². The molecule has 0 spiro atoms. The Labute approximate surface area is 122 Å². The summed E-state index contributed by atoms with van der Waals surface area (Å²) in [6.07, 6.45) is 2.38. The molecule has 1 heterocycles. The normalized spacial score (nSPS) is 24.9. The van der Waals surface area contributed by atoms with Crippen molar-refractivity contribution in [1.82, 2.24) is 10.2 Å². The van der Waals surface area contributed by atoms with Crippen LogP contribution in [0.4, 0.5) is 4.79 Å². The largest absolute Gasteiger partial charge is 0.480 e. The Kier molecular flexibility index (Phi) is 6.85. The van der Waals surface area contributed by atoms with E-state index in [1.54, 1.807) is 16.7 Å². The maximum absolute atomic E-state index is 12.2. The second-order valence-electron chi connectivity index (χ2n) is 4.63. The number of aliphatic carboxylic acids is 1. The van der Waals surface area contributed by atoms with Crippen molar-refractivity contribution in [1.29, 1.82) is 0 Å². The fourth-order valence-corrected chi connectivity index (χ4v) is 3.52. The molecule has 1 aliphatic heterocycles. The van der Waals surface area contributed by atoms with Gasteiger partial charge in [-0.3, -0.25) is 0 Å². The Morgan fingerprint density at radius 1 is 1.53 bits per heavy atom. The first kappa shape index (κ1) is 16.5. The number of carboxylic acid groups (broad SMARTS) is 1. The van der Waals surface area contributed by atoms with Crippen molar-refractivity contribution in [3.8, 4) is 0 Å². The highest BCUT2D eigenvalue weighted by atomic mass is 32.2. The quantitative estimate of drug-likeness (QED) is 0.809. The maximum Gasteiger partial charge on any atom is 0.326 e. The lowest BCUT2D eigenvalue weighted by molar-refractivity contribution is -0.139. The van der Waals surface area contributed by atoms with E-state index in [1.165, 1.54) is 0 Å². The number of nitrogens with zero attached hydrogens (tertiary/aromatic N) is 1. The first-order chi connectivity index (χ1) is 8.97. The van der Waals surface area contributed by atoms with Crippen LogP contribution in [0.1, 0.15) is 20.3 Å². The summed E-state index contributed by atoms with van der Waals surface area (Å²) >= 11 is 3.42. The van der Waals surface area contributed by atoms with Crippen molar-refractivity contribution >= 4 is 35.5 Å². The molecule has 3 atom stereocenters. The number of hydrogen-bond acceptors (Lipinski definition) is 4. The number of thioether (sulfide) groups is 2. The molecule has 0 saturated carbocycles. The van der Waals surface area contributed by atoms with Gasteiger partial charge in [0.05, 0.1) is 0 Å². The van der Waals surface area contributed by atoms with Gasteiger partial charge in [0.15, 0.2) is 0 Å². The van der Waals surface area contributed by atoms with Gasteiger partial charge in [-0.1, -0.05) is 6.92 Å². The lowest BCUT2D eigenvalue weighted by atomic mass is 10.2. The molecule has 110 valence electrons. The van der Waals surface area contributed by atoms with Crippen molar-refractivity contribution in [2.75, 3.05) is 24.3 Å². The molecule has 2 unspecified atom stereocenters. The van der Waals surface area contributed by atoms with E-state index in [-0.39, 0.29) is 12.1 Å². The second kappa shape index (κ2) is 7.89. The van der Waals surface area contributed by atoms with Crippen LogP contribution in [0.25, 0.3) is 0 Å². The number of urea groups is 1. The Bertz CT molecular complexity index is 328. The van der Waals surface area contributed by atoms with Crippen LogP contribution in [0.5, 0.6) is 0 Å². The topological polar surface area (TPSA) is 69.6 Å². The molecular weight excluding hydrogens is 284 g/mol. The predicted octanol–water partition coefficient (Wildman–Crippen LogP) is 1.73. The van der Waals surface area contributed by atoms with Crippen molar-refractivity contribution in [3.05, 3.63) is 0 Å². The molecule has 0 aromatic rings. The number of rotatable bonds is 5. The maximum atomic E-state index is 12.2. The molecule has 0 radical (unpaired) electrons. The van der Waals surface area contributed by atoms with Gasteiger partial charge in [0.1, 0.15) is 6.04 Å². The number of carbonyl (C=O) groups is 2. The van der Waals surface area contributed by atoms with Crippen LogP contribution >= 0.6 is 23.5 Å². The number of nitrogens with one attached hydrogen (secondary N) is 1. The van der Waals surface area contributed by atoms with Gasteiger partial charge in [-0.05, 0) is 25.4 Å². The Balaban J connectivity index is 2.58. The van der Waals surface area contributed by atoms with E-state index >= 15 is 0 Å².